The first kappa shape index (κ1) is 10.0. The van der Waals surface area contributed by atoms with Crippen molar-refractivity contribution in [1.29, 1.82) is 0 Å². The largest absolute Gasteiger partial charge is 0.131 e. The molecule has 0 saturated heterocycles. The van der Waals surface area contributed by atoms with Gasteiger partial charge in [-0.15, -0.1) is 22.9 Å². The molecule has 0 aromatic carbocycles. The maximum Gasteiger partial charge on any atom is 0.0731 e. The van der Waals surface area contributed by atoms with Crippen LogP contribution in [0.4, 0.5) is 0 Å². The second-order valence-electron chi connectivity index (χ2n) is 3.75. The van der Waals surface area contributed by atoms with Crippen molar-refractivity contribution >= 4 is 38.9 Å². The Morgan fingerprint density at radius 2 is 2.38 bits per heavy atom. The van der Waals surface area contributed by atoms with E-state index in [1.807, 2.05) is 0 Å². The molecule has 1 atom stereocenters. The lowest BCUT2D eigenvalue weighted by Crippen LogP contribution is -1.87. The summed E-state index contributed by atoms with van der Waals surface area (Å²) in [6.07, 6.45) is 3.93. The van der Waals surface area contributed by atoms with Gasteiger partial charge in [0.25, 0.3) is 0 Å². The number of hydrogen-bond acceptors (Lipinski definition) is 1. The van der Waals surface area contributed by atoms with Crippen LogP contribution in [0.25, 0.3) is 0 Å². The number of thiophene rings is 1. The third-order valence-corrected chi connectivity index (χ3v) is 5.22. The number of alkyl halides is 1. The zero-order valence-electron chi connectivity index (χ0n) is 7.52. The van der Waals surface area contributed by atoms with Gasteiger partial charge in [0.1, 0.15) is 0 Å². The van der Waals surface area contributed by atoms with E-state index in [4.69, 9.17) is 11.6 Å². The molecule has 1 saturated carbocycles. The molecule has 0 radical (unpaired) electrons. The molecule has 0 nitrogen and oxygen atoms in total. The Bertz CT molecular complexity index is 284. The highest BCUT2D eigenvalue weighted by atomic mass is 79.9. The lowest BCUT2D eigenvalue weighted by atomic mass is 10.2. The second kappa shape index (κ2) is 3.92. The van der Waals surface area contributed by atoms with E-state index in [9.17, 15) is 0 Å². The summed E-state index contributed by atoms with van der Waals surface area (Å²) < 4.78 is 1.23. The first-order chi connectivity index (χ1) is 6.16. The average Bonchev–Trinajstić information content (AvgIpc) is 2.81. The highest BCUT2D eigenvalue weighted by molar-refractivity contribution is 9.11. The van der Waals surface area contributed by atoms with Gasteiger partial charge in [-0.05, 0) is 46.8 Å². The molecule has 0 N–H and O–H groups in total. The quantitative estimate of drug-likeness (QED) is 0.690. The summed E-state index contributed by atoms with van der Waals surface area (Å²) in [5.74, 6) is 0.906. The van der Waals surface area contributed by atoms with Gasteiger partial charge in [-0.3, -0.25) is 0 Å². The second-order valence-corrected chi connectivity index (χ2v) is 6.68. The van der Waals surface area contributed by atoms with Crippen molar-refractivity contribution in [3.8, 4) is 0 Å². The van der Waals surface area contributed by atoms with E-state index >= 15 is 0 Å². The average molecular weight is 280 g/mol. The van der Waals surface area contributed by atoms with Crippen molar-refractivity contribution in [3.63, 3.8) is 0 Å². The topological polar surface area (TPSA) is 0 Å². The van der Waals surface area contributed by atoms with Crippen LogP contribution in [0.3, 0.4) is 0 Å². The van der Waals surface area contributed by atoms with Crippen molar-refractivity contribution in [2.75, 3.05) is 0 Å². The summed E-state index contributed by atoms with van der Waals surface area (Å²) in [5.41, 5.74) is 1.31. The van der Waals surface area contributed by atoms with E-state index in [-0.39, 0.29) is 5.38 Å². The van der Waals surface area contributed by atoms with E-state index in [2.05, 4.69) is 28.9 Å². The van der Waals surface area contributed by atoms with Crippen LogP contribution in [0.2, 0.25) is 0 Å². The van der Waals surface area contributed by atoms with Crippen molar-refractivity contribution in [2.24, 2.45) is 5.92 Å². The Hall–Kier alpha value is 0.470. The van der Waals surface area contributed by atoms with Crippen molar-refractivity contribution in [2.45, 2.75) is 31.6 Å². The Balaban J connectivity index is 2.05. The molecular weight excluding hydrogens is 268 g/mol. The van der Waals surface area contributed by atoms with Crippen LogP contribution in [-0.2, 0) is 0 Å². The third-order valence-electron chi connectivity index (χ3n) is 2.42. The summed E-state index contributed by atoms with van der Waals surface area (Å²) in [6.45, 7) is 2.12. The Labute approximate surface area is 96.4 Å². The van der Waals surface area contributed by atoms with Crippen molar-refractivity contribution in [1.82, 2.24) is 0 Å². The number of rotatable bonds is 3. The Kier molecular flexibility index (Phi) is 3.01. The summed E-state index contributed by atoms with van der Waals surface area (Å²) in [4.78, 5) is 1.32. The van der Waals surface area contributed by atoms with Gasteiger partial charge >= 0.3 is 0 Å². The van der Waals surface area contributed by atoms with Crippen LogP contribution < -0.4 is 0 Å². The van der Waals surface area contributed by atoms with Crippen LogP contribution in [0.15, 0.2) is 9.85 Å². The summed E-state index contributed by atoms with van der Waals surface area (Å²) >= 11 is 11.6. The molecule has 0 aliphatic heterocycles. The Morgan fingerprint density at radius 3 is 2.85 bits per heavy atom. The molecule has 1 aliphatic carbocycles. The minimum absolute atomic E-state index is 0.238. The van der Waals surface area contributed by atoms with E-state index in [0.717, 1.165) is 12.3 Å². The van der Waals surface area contributed by atoms with Gasteiger partial charge in [0.05, 0.1) is 9.16 Å². The maximum absolute atomic E-state index is 6.32. The molecule has 0 bridgehead atoms. The zero-order valence-corrected chi connectivity index (χ0v) is 10.7. The first-order valence-corrected chi connectivity index (χ1v) is 6.61. The molecule has 1 heterocycles. The SMILES string of the molecule is Cc1cc(C(Cl)CC2CC2)sc1Br. The van der Waals surface area contributed by atoms with Gasteiger partial charge in [0.2, 0.25) is 0 Å². The smallest absolute Gasteiger partial charge is 0.0731 e. The highest BCUT2D eigenvalue weighted by Gasteiger charge is 2.26. The van der Waals surface area contributed by atoms with Crippen LogP contribution >= 0.6 is 38.9 Å². The van der Waals surface area contributed by atoms with Crippen molar-refractivity contribution < 1.29 is 0 Å². The molecule has 0 amide bonds. The molecule has 1 fully saturated rings. The summed E-state index contributed by atoms with van der Waals surface area (Å²) in [5, 5.41) is 0.238. The maximum atomic E-state index is 6.32. The number of hydrogen-bond donors (Lipinski definition) is 0. The van der Waals surface area contributed by atoms with Crippen molar-refractivity contribution in [3.05, 3.63) is 20.3 Å². The lowest BCUT2D eigenvalue weighted by Gasteiger charge is -2.04. The summed E-state index contributed by atoms with van der Waals surface area (Å²) in [6, 6.07) is 2.20. The van der Waals surface area contributed by atoms with E-state index in [1.165, 1.54) is 27.1 Å². The highest BCUT2D eigenvalue weighted by Crippen LogP contribution is 2.43. The minimum Gasteiger partial charge on any atom is -0.131 e. The molecule has 0 spiro atoms. The number of halogens is 2. The molecule has 1 aromatic rings. The van der Waals surface area contributed by atoms with E-state index in [0.29, 0.717) is 0 Å². The molecule has 72 valence electrons. The lowest BCUT2D eigenvalue weighted by molar-refractivity contribution is 0.713. The monoisotopic (exact) mass is 278 g/mol. The molecular formula is C10H12BrClS. The predicted octanol–water partition coefficient (Wildman–Crippen LogP) is 4.90. The summed E-state index contributed by atoms with van der Waals surface area (Å²) in [7, 11) is 0. The molecule has 13 heavy (non-hydrogen) atoms. The van der Waals surface area contributed by atoms with E-state index < -0.39 is 0 Å². The van der Waals surface area contributed by atoms with Gasteiger partial charge in [-0.2, -0.15) is 0 Å². The predicted molar refractivity (Wildman–Crippen MR) is 62.7 cm³/mol. The molecule has 2 rings (SSSR count). The zero-order chi connectivity index (χ0) is 9.42. The van der Waals surface area contributed by atoms with Gasteiger partial charge in [0, 0.05) is 4.88 Å². The van der Waals surface area contributed by atoms with Gasteiger partial charge in [0.15, 0.2) is 0 Å². The molecule has 3 heteroatoms. The van der Waals surface area contributed by atoms with Gasteiger partial charge in [-0.25, -0.2) is 0 Å². The molecule has 1 unspecified atom stereocenters. The van der Waals surface area contributed by atoms with Gasteiger partial charge in [-0.1, -0.05) is 12.8 Å². The fourth-order valence-electron chi connectivity index (χ4n) is 1.40. The first-order valence-electron chi connectivity index (χ1n) is 4.56. The number of aryl methyl sites for hydroxylation is 1. The fraction of sp³-hybridized carbons (Fsp3) is 0.600. The standard InChI is InChI=1S/C10H12BrClS/c1-6-4-9(13-10(6)11)8(12)5-7-2-3-7/h4,7-8H,2-3,5H2,1H3. The third kappa shape index (κ3) is 2.48. The van der Waals surface area contributed by atoms with Crippen LogP contribution in [0.5, 0.6) is 0 Å². The Morgan fingerprint density at radius 1 is 1.69 bits per heavy atom. The minimum atomic E-state index is 0.238. The van der Waals surface area contributed by atoms with Crippen LogP contribution in [-0.4, -0.2) is 0 Å². The molecule has 1 aliphatic rings. The van der Waals surface area contributed by atoms with E-state index in [1.54, 1.807) is 11.3 Å². The van der Waals surface area contributed by atoms with Gasteiger partial charge < -0.3 is 0 Å². The normalized spacial score (nSPS) is 19.0. The fourth-order valence-corrected chi connectivity index (χ4v) is 3.41. The van der Waals surface area contributed by atoms with Crippen LogP contribution in [0, 0.1) is 12.8 Å². The van der Waals surface area contributed by atoms with Crippen LogP contribution in [0.1, 0.15) is 35.1 Å². The molecule has 1 aromatic heterocycles.